The van der Waals surface area contributed by atoms with E-state index in [-0.39, 0.29) is 5.75 Å². The molecular weight excluding hydrogens is 449 g/mol. The van der Waals surface area contributed by atoms with Crippen molar-refractivity contribution in [1.29, 1.82) is 0 Å². The molecule has 0 bridgehead atoms. The predicted octanol–water partition coefficient (Wildman–Crippen LogP) is 9.43. The van der Waals surface area contributed by atoms with Gasteiger partial charge in [0.25, 0.3) is 0 Å². The average Bonchev–Trinajstić information content (AvgIpc) is 2.87. The van der Waals surface area contributed by atoms with Gasteiger partial charge in [-0.1, -0.05) is 63.3 Å². The second-order valence-electron chi connectivity index (χ2n) is 10.6. The summed E-state index contributed by atoms with van der Waals surface area (Å²) in [5.74, 6) is 4.01. The van der Waals surface area contributed by atoms with Crippen molar-refractivity contribution in [3.8, 4) is 11.5 Å². The van der Waals surface area contributed by atoms with Gasteiger partial charge < -0.3 is 9.47 Å². The van der Waals surface area contributed by atoms with Crippen molar-refractivity contribution in [1.82, 2.24) is 0 Å². The van der Waals surface area contributed by atoms with E-state index in [2.05, 4.69) is 29.9 Å². The van der Waals surface area contributed by atoms with Gasteiger partial charge in [-0.2, -0.15) is 0 Å². The normalized spacial score (nSPS) is 25.3. The van der Waals surface area contributed by atoms with Gasteiger partial charge >= 0.3 is 6.36 Å². The van der Waals surface area contributed by atoms with Crippen LogP contribution in [0.25, 0.3) is 0 Å². The van der Waals surface area contributed by atoms with Crippen LogP contribution in [0.4, 0.5) is 13.2 Å². The van der Waals surface area contributed by atoms with Crippen molar-refractivity contribution in [3.05, 3.63) is 59.7 Å². The number of ether oxygens (including phenoxy) is 2. The second-order valence-corrected chi connectivity index (χ2v) is 10.6. The molecule has 192 valence electrons. The van der Waals surface area contributed by atoms with E-state index in [9.17, 15) is 13.2 Å². The van der Waals surface area contributed by atoms with E-state index in [1.54, 1.807) is 12.1 Å². The molecule has 2 fully saturated rings. The van der Waals surface area contributed by atoms with Crippen LogP contribution in [0.1, 0.15) is 94.6 Å². The Bertz CT molecular complexity index is 893. The number of unbranched alkanes of at least 4 members (excludes halogenated alkanes) is 1. The Labute approximate surface area is 208 Å². The maximum absolute atomic E-state index is 12.3. The molecular formula is C30H39F3O2. The Balaban J connectivity index is 1.23. The van der Waals surface area contributed by atoms with E-state index in [1.165, 1.54) is 88.3 Å². The molecule has 0 saturated heterocycles. The summed E-state index contributed by atoms with van der Waals surface area (Å²) < 4.78 is 46.9. The van der Waals surface area contributed by atoms with E-state index >= 15 is 0 Å². The van der Waals surface area contributed by atoms with Crippen LogP contribution >= 0.6 is 0 Å². The summed E-state index contributed by atoms with van der Waals surface area (Å²) >= 11 is 0. The monoisotopic (exact) mass is 488 g/mol. The van der Waals surface area contributed by atoms with Crippen LogP contribution in [-0.2, 0) is 6.61 Å². The number of hydrogen-bond acceptors (Lipinski definition) is 2. The van der Waals surface area contributed by atoms with Crippen LogP contribution in [0.15, 0.2) is 48.5 Å². The van der Waals surface area contributed by atoms with E-state index in [1.807, 2.05) is 6.07 Å². The summed E-state index contributed by atoms with van der Waals surface area (Å²) in [6, 6.07) is 14.2. The predicted molar refractivity (Wildman–Crippen MR) is 134 cm³/mol. The minimum Gasteiger partial charge on any atom is -0.489 e. The number of benzene rings is 2. The van der Waals surface area contributed by atoms with Gasteiger partial charge in [-0.15, -0.1) is 13.2 Å². The Hall–Kier alpha value is -2.17. The quantitative estimate of drug-likeness (QED) is 0.350. The van der Waals surface area contributed by atoms with Crippen molar-refractivity contribution in [3.63, 3.8) is 0 Å². The van der Waals surface area contributed by atoms with E-state index in [4.69, 9.17) is 4.74 Å². The highest BCUT2D eigenvalue weighted by Gasteiger charge is 2.32. The Morgan fingerprint density at radius 1 is 0.800 bits per heavy atom. The fourth-order valence-electron chi connectivity index (χ4n) is 6.18. The molecule has 0 unspecified atom stereocenters. The SMILES string of the molecule is CCCCC1CCC(C2CCC(c3cccc(OCc4ccc(OC(F)(F)F)cc4)c3)CC2)CC1. The lowest BCUT2D eigenvalue weighted by Gasteiger charge is -2.38. The lowest BCUT2D eigenvalue weighted by atomic mass is 9.68. The zero-order chi connectivity index (χ0) is 24.7. The Morgan fingerprint density at radius 3 is 2.09 bits per heavy atom. The second kappa shape index (κ2) is 12.2. The summed E-state index contributed by atoms with van der Waals surface area (Å²) in [6.07, 6.45) is 10.4. The molecule has 0 aliphatic heterocycles. The fraction of sp³-hybridized carbons (Fsp3) is 0.600. The molecule has 0 heterocycles. The average molecular weight is 489 g/mol. The molecule has 2 aromatic rings. The smallest absolute Gasteiger partial charge is 0.489 e. The molecule has 0 aromatic heterocycles. The Morgan fingerprint density at radius 2 is 1.46 bits per heavy atom. The van der Waals surface area contributed by atoms with Gasteiger partial charge in [0.1, 0.15) is 18.1 Å². The summed E-state index contributed by atoms with van der Waals surface area (Å²) in [6.45, 7) is 2.61. The van der Waals surface area contributed by atoms with E-state index in [0.29, 0.717) is 12.5 Å². The molecule has 2 aliphatic rings. The highest BCUT2D eigenvalue weighted by molar-refractivity contribution is 5.32. The highest BCUT2D eigenvalue weighted by atomic mass is 19.4. The highest BCUT2D eigenvalue weighted by Crippen LogP contribution is 2.44. The van der Waals surface area contributed by atoms with Crippen molar-refractivity contribution in [2.24, 2.45) is 17.8 Å². The summed E-state index contributed by atoms with van der Waals surface area (Å²) in [5, 5.41) is 0. The fourth-order valence-corrected chi connectivity index (χ4v) is 6.18. The molecule has 0 amide bonds. The topological polar surface area (TPSA) is 18.5 Å². The van der Waals surface area contributed by atoms with Crippen molar-refractivity contribution >= 4 is 0 Å². The lowest BCUT2D eigenvalue weighted by Crippen LogP contribution is -2.25. The van der Waals surface area contributed by atoms with Gasteiger partial charge in [-0.25, -0.2) is 0 Å². The van der Waals surface area contributed by atoms with Crippen LogP contribution in [0.3, 0.4) is 0 Å². The van der Waals surface area contributed by atoms with Gasteiger partial charge in [0, 0.05) is 0 Å². The number of alkyl halides is 3. The van der Waals surface area contributed by atoms with Gasteiger partial charge in [-0.05, 0) is 97.6 Å². The third-order valence-electron chi connectivity index (χ3n) is 8.19. The molecule has 0 spiro atoms. The van der Waals surface area contributed by atoms with Crippen LogP contribution in [0.5, 0.6) is 11.5 Å². The third-order valence-corrected chi connectivity index (χ3v) is 8.19. The van der Waals surface area contributed by atoms with Gasteiger partial charge in [0.2, 0.25) is 0 Å². The number of rotatable bonds is 9. The molecule has 0 atom stereocenters. The summed E-state index contributed by atoms with van der Waals surface area (Å²) in [5.41, 5.74) is 2.15. The summed E-state index contributed by atoms with van der Waals surface area (Å²) in [7, 11) is 0. The molecule has 2 aromatic carbocycles. The maximum Gasteiger partial charge on any atom is 0.573 e. The lowest BCUT2D eigenvalue weighted by molar-refractivity contribution is -0.274. The maximum atomic E-state index is 12.3. The van der Waals surface area contributed by atoms with Crippen LogP contribution in [-0.4, -0.2) is 6.36 Å². The standard InChI is InChI=1S/C30H39F3O2/c1-2-3-5-22-8-12-24(13-9-22)25-14-16-26(17-15-25)27-6-4-7-29(20-27)34-21-23-10-18-28(19-11-23)35-30(31,32)33/h4,6-7,10-11,18-20,22,24-26H,2-3,5,8-9,12-17,21H2,1H3. The molecule has 5 heteroatoms. The van der Waals surface area contributed by atoms with Crippen LogP contribution in [0, 0.1) is 17.8 Å². The zero-order valence-corrected chi connectivity index (χ0v) is 20.9. The third kappa shape index (κ3) is 7.91. The zero-order valence-electron chi connectivity index (χ0n) is 20.9. The number of halogens is 3. The first-order valence-electron chi connectivity index (χ1n) is 13.5. The molecule has 2 saturated carbocycles. The molecule has 35 heavy (non-hydrogen) atoms. The van der Waals surface area contributed by atoms with Crippen molar-refractivity contribution < 1.29 is 22.6 Å². The van der Waals surface area contributed by atoms with Gasteiger partial charge in [0.15, 0.2) is 0 Å². The molecule has 2 aliphatic carbocycles. The van der Waals surface area contributed by atoms with E-state index < -0.39 is 6.36 Å². The first-order valence-corrected chi connectivity index (χ1v) is 13.5. The molecule has 2 nitrogen and oxygen atoms in total. The first-order chi connectivity index (χ1) is 16.9. The molecule has 0 radical (unpaired) electrons. The number of hydrogen-bond donors (Lipinski definition) is 0. The minimum atomic E-state index is -4.68. The van der Waals surface area contributed by atoms with Crippen molar-refractivity contribution in [2.75, 3.05) is 0 Å². The van der Waals surface area contributed by atoms with E-state index in [0.717, 1.165) is 29.1 Å². The largest absolute Gasteiger partial charge is 0.573 e. The van der Waals surface area contributed by atoms with Crippen LogP contribution in [0.2, 0.25) is 0 Å². The summed E-state index contributed by atoms with van der Waals surface area (Å²) in [4.78, 5) is 0. The first kappa shape index (κ1) is 25.9. The Kier molecular flexibility index (Phi) is 9.02. The van der Waals surface area contributed by atoms with Gasteiger partial charge in [0.05, 0.1) is 0 Å². The minimum absolute atomic E-state index is 0.219. The molecule has 0 N–H and O–H groups in total. The van der Waals surface area contributed by atoms with Crippen LogP contribution < -0.4 is 9.47 Å². The van der Waals surface area contributed by atoms with Gasteiger partial charge in [-0.3, -0.25) is 0 Å². The van der Waals surface area contributed by atoms with Crippen molar-refractivity contribution in [2.45, 2.75) is 96.4 Å². The molecule has 4 rings (SSSR count).